The largest absolute Gasteiger partial charge is 0.481 e. The van der Waals surface area contributed by atoms with Gasteiger partial charge >= 0.3 is 12.1 Å². The number of benzene rings is 2. The zero-order valence-corrected chi connectivity index (χ0v) is 20.3. The van der Waals surface area contributed by atoms with Crippen LogP contribution in [0.2, 0.25) is 0 Å². The number of hydrogen-bond donors (Lipinski definition) is 3. The van der Waals surface area contributed by atoms with Gasteiger partial charge in [-0.15, -0.1) is 0 Å². The van der Waals surface area contributed by atoms with E-state index in [-0.39, 0.29) is 49.2 Å². The molecule has 0 spiro atoms. The van der Waals surface area contributed by atoms with E-state index in [4.69, 9.17) is 9.84 Å². The highest BCUT2D eigenvalue weighted by Gasteiger charge is 2.33. The first-order valence-corrected chi connectivity index (χ1v) is 12.5. The van der Waals surface area contributed by atoms with Crippen LogP contribution in [0.25, 0.3) is 11.1 Å². The molecule has 4 rings (SSSR count). The Bertz CT molecular complexity index is 1030. The lowest BCUT2D eigenvalue weighted by molar-refractivity contribution is -0.138. The van der Waals surface area contributed by atoms with Gasteiger partial charge in [-0.2, -0.15) is 0 Å². The summed E-state index contributed by atoms with van der Waals surface area (Å²) in [5, 5.41) is 14.9. The summed E-state index contributed by atoms with van der Waals surface area (Å²) < 4.78 is 5.68. The Morgan fingerprint density at radius 1 is 0.943 bits per heavy atom. The van der Waals surface area contributed by atoms with E-state index in [9.17, 15) is 14.4 Å². The molecule has 1 unspecified atom stereocenters. The number of fused-ring (bicyclic) bond motifs is 3. The lowest BCUT2D eigenvalue weighted by Crippen LogP contribution is -2.48. The fraction of sp³-hybridized carbons (Fsp3) is 0.464. The SMILES string of the molecule is CC(C)[C@H](CC(=O)O)NC(=O)CC(NC(=O)OCC1c2ccccc2-c2ccccc21)C1CCC1. The molecule has 2 amide bonds. The number of alkyl carbamates (subject to hydrolysis) is 1. The summed E-state index contributed by atoms with van der Waals surface area (Å²) in [4.78, 5) is 36.7. The smallest absolute Gasteiger partial charge is 0.407 e. The second-order valence-electron chi connectivity index (χ2n) is 9.99. The third-order valence-corrected chi connectivity index (χ3v) is 7.32. The van der Waals surface area contributed by atoms with Gasteiger partial charge in [0.2, 0.25) is 5.91 Å². The summed E-state index contributed by atoms with van der Waals surface area (Å²) in [6, 6.07) is 15.6. The van der Waals surface area contributed by atoms with E-state index in [1.165, 1.54) is 11.1 Å². The molecule has 0 aromatic heterocycles. The molecule has 0 saturated heterocycles. The van der Waals surface area contributed by atoms with Crippen LogP contribution in [0.15, 0.2) is 48.5 Å². The fourth-order valence-corrected chi connectivity index (χ4v) is 5.08. The molecule has 2 aromatic carbocycles. The van der Waals surface area contributed by atoms with Crippen LogP contribution in [0.4, 0.5) is 4.79 Å². The molecular formula is C28H34N2O5. The molecule has 0 heterocycles. The summed E-state index contributed by atoms with van der Waals surface area (Å²) >= 11 is 0. The second kappa shape index (κ2) is 10.9. The molecule has 7 nitrogen and oxygen atoms in total. The van der Waals surface area contributed by atoms with Crippen molar-refractivity contribution in [2.75, 3.05) is 6.61 Å². The zero-order chi connectivity index (χ0) is 24.9. The summed E-state index contributed by atoms with van der Waals surface area (Å²) in [5.74, 6) is -1.01. The van der Waals surface area contributed by atoms with Crippen molar-refractivity contribution < 1.29 is 24.2 Å². The van der Waals surface area contributed by atoms with Crippen molar-refractivity contribution in [3.05, 3.63) is 59.7 Å². The minimum absolute atomic E-state index is 0.00714. The van der Waals surface area contributed by atoms with Gasteiger partial charge < -0.3 is 20.5 Å². The Labute approximate surface area is 206 Å². The zero-order valence-electron chi connectivity index (χ0n) is 20.3. The van der Waals surface area contributed by atoms with Gasteiger partial charge in [0.1, 0.15) is 6.61 Å². The number of carboxylic acid groups (broad SMARTS) is 1. The fourth-order valence-electron chi connectivity index (χ4n) is 5.08. The molecule has 3 N–H and O–H groups in total. The molecule has 7 heteroatoms. The molecule has 0 bridgehead atoms. The number of aliphatic carboxylic acids is 1. The predicted octanol–water partition coefficient (Wildman–Crippen LogP) is 4.70. The van der Waals surface area contributed by atoms with Crippen LogP contribution in [0.3, 0.4) is 0 Å². The monoisotopic (exact) mass is 478 g/mol. The number of rotatable bonds is 10. The maximum atomic E-state index is 12.8. The number of carboxylic acids is 1. The Morgan fingerprint density at radius 2 is 1.54 bits per heavy atom. The van der Waals surface area contributed by atoms with Crippen LogP contribution in [0.5, 0.6) is 0 Å². The van der Waals surface area contributed by atoms with Crippen molar-refractivity contribution in [3.8, 4) is 11.1 Å². The standard InChI is InChI=1S/C28H34N2O5/c1-17(2)24(15-27(32)33)29-26(31)14-25(18-8-7-9-18)30-28(34)35-16-23-21-12-5-3-10-19(21)20-11-4-6-13-22(20)23/h3-6,10-13,17-18,23-25H,7-9,14-16H2,1-2H3,(H,29,31)(H,30,34)(H,32,33)/t24-,25?/m0/s1. The number of nitrogens with one attached hydrogen (secondary N) is 2. The van der Waals surface area contributed by atoms with Gasteiger partial charge in [0.25, 0.3) is 0 Å². The Balaban J connectivity index is 1.36. The average Bonchev–Trinajstić information content (AvgIpc) is 3.09. The van der Waals surface area contributed by atoms with Gasteiger partial charge in [0, 0.05) is 24.4 Å². The van der Waals surface area contributed by atoms with E-state index in [1.807, 2.05) is 38.1 Å². The topological polar surface area (TPSA) is 105 Å². The Kier molecular flexibility index (Phi) is 7.73. The first-order valence-electron chi connectivity index (χ1n) is 12.5. The molecule has 2 aliphatic rings. The van der Waals surface area contributed by atoms with E-state index in [0.717, 1.165) is 30.4 Å². The van der Waals surface area contributed by atoms with Gasteiger partial charge in [-0.3, -0.25) is 9.59 Å². The summed E-state index contributed by atoms with van der Waals surface area (Å²) in [7, 11) is 0. The van der Waals surface area contributed by atoms with Crippen LogP contribution in [-0.2, 0) is 14.3 Å². The third kappa shape index (κ3) is 5.84. The molecular weight excluding hydrogens is 444 g/mol. The molecule has 186 valence electrons. The van der Waals surface area contributed by atoms with Crippen molar-refractivity contribution in [1.29, 1.82) is 0 Å². The predicted molar refractivity (Wildman–Crippen MR) is 133 cm³/mol. The van der Waals surface area contributed by atoms with Crippen molar-refractivity contribution >= 4 is 18.0 Å². The quantitative estimate of drug-likeness (QED) is 0.459. The molecule has 1 saturated carbocycles. The number of ether oxygens (including phenoxy) is 1. The molecule has 35 heavy (non-hydrogen) atoms. The van der Waals surface area contributed by atoms with Crippen LogP contribution < -0.4 is 10.6 Å². The summed E-state index contributed by atoms with van der Waals surface area (Å²) in [5.41, 5.74) is 4.63. The first-order chi connectivity index (χ1) is 16.8. The number of carbonyl (C=O) groups is 3. The number of amides is 2. The lowest BCUT2D eigenvalue weighted by Gasteiger charge is -2.34. The summed E-state index contributed by atoms with van der Waals surface area (Å²) in [6.07, 6.45) is 2.43. The van der Waals surface area contributed by atoms with Gasteiger partial charge in [0.15, 0.2) is 0 Å². The van der Waals surface area contributed by atoms with Crippen molar-refractivity contribution in [2.45, 2.75) is 64.0 Å². The molecule has 2 atom stereocenters. The minimum Gasteiger partial charge on any atom is -0.481 e. The highest BCUT2D eigenvalue weighted by Crippen LogP contribution is 2.44. The number of carbonyl (C=O) groups excluding carboxylic acids is 2. The van der Waals surface area contributed by atoms with Crippen LogP contribution >= 0.6 is 0 Å². The highest BCUT2D eigenvalue weighted by molar-refractivity contribution is 5.80. The molecule has 1 fully saturated rings. The van der Waals surface area contributed by atoms with Gasteiger partial charge in [-0.1, -0.05) is 68.8 Å². The second-order valence-corrected chi connectivity index (χ2v) is 9.99. The van der Waals surface area contributed by atoms with Crippen LogP contribution in [-0.4, -0.2) is 41.8 Å². The van der Waals surface area contributed by atoms with E-state index >= 15 is 0 Å². The maximum Gasteiger partial charge on any atom is 0.407 e. The first kappa shape index (κ1) is 24.8. The van der Waals surface area contributed by atoms with Crippen molar-refractivity contribution in [2.24, 2.45) is 11.8 Å². The lowest BCUT2D eigenvalue weighted by atomic mass is 9.78. The number of hydrogen-bond acceptors (Lipinski definition) is 4. The summed E-state index contributed by atoms with van der Waals surface area (Å²) in [6.45, 7) is 3.98. The van der Waals surface area contributed by atoms with Crippen molar-refractivity contribution in [3.63, 3.8) is 0 Å². The molecule has 0 radical (unpaired) electrons. The van der Waals surface area contributed by atoms with E-state index in [2.05, 4.69) is 34.9 Å². The van der Waals surface area contributed by atoms with Crippen LogP contribution in [0.1, 0.15) is 63.0 Å². The third-order valence-electron chi connectivity index (χ3n) is 7.32. The van der Waals surface area contributed by atoms with Gasteiger partial charge in [-0.25, -0.2) is 4.79 Å². The van der Waals surface area contributed by atoms with Gasteiger partial charge in [0.05, 0.1) is 6.42 Å². The normalized spacial score (nSPS) is 16.5. The van der Waals surface area contributed by atoms with E-state index in [1.54, 1.807) is 0 Å². The molecule has 0 aliphatic heterocycles. The maximum absolute atomic E-state index is 12.8. The van der Waals surface area contributed by atoms with Gasteiger partial charge in [-0.05, 0) is 46.9 Å². The average molecular weight is 479 g/mol. The van der Waals surface area contributed by atoms with Crippen LogP contribution in [0, 0.1) is 11.8 Å². The van der Waals surface area contributed by atoms with E-state index < -0.39 is 18.1 Å². The van der Waals surface area contributed by atoms with E-state index in [0.29, 0.717) is 0 Å². The molecule has 2 aliphatic carbocycles. The Morgan fingerprint density at radius 3 is 2.06 bits per heavy atom. The van der Waals surface area contributed by atoms with Crippen molar-refractivity contribution in [1.82, 2.24) is 10.6 Å². The molecule has 2 aromatic rings. The minimum atomic E-state index is -0.948. The highest BCUT2D eigenvalue weighted by atomic mass is 16.5. The Hall–Kier alpha value is -3.35.